The summed E-state index contributed by atoms with van der Waals surface area (Å²) in [6, 6.07) is 0. The monoisotopic (exact) mass is 236 g/mol. The first-order valence-electron chi connectivity index (χ1n) is 4.64. The van der Waals surface area contributed by atoms with E-state index in [4.69, 9.17) is 0 Å². The van der Waals surface area contributed by atoms with Crippen LogP contribution in [0, 0.1) is 20.8 Å². The van der Waals surface area contributed by atoms with Crippen molar-refractivity contribution in [3.63, 3.8) is 0 Å². The largest absolute Gasteiger partial charge is 0.358 e. The van der Waals surface area contributed by atoms with Crippen LogP contribution < -0.4 is 0 Å². The van der Waals surface area contributed by atoms with Crippen LogP contribution in [-0.2, 0) is 17.2 Å². The van der Waals surface area contributed by atoms with Crippen molar-refractivity contribution >= 4 is 0 Å². The Kier molecular flexibility index (Phi) is 22.4. The minimum absolute atomic E-state index is 0. The molecule has 1 fully saturated rings. The summed E-state index contributed by atoms with van der Waals surface area (Å²) in [5, 5.41) is 4.10. The molecule has 14 heavy (non-hydrogen) atoms. The third kappa shape index (κ3) is 12.3. The van der Waals surface area contributed by atoms with Gasteiger partial charge in [0, 0.05) is 0 Å². The third-order valence-electron chi connectivity index (χ3n) is 2.24. The first-order chi connectivity index (χ1) is 5.85. The minimum Gasteiger partial charge on any atom is -0.358 e. The van der Waals surface area contributed by atoms with Gasteiger partial charge in [0.2, 0.25) is 0 Å². The van der Waals surface area contributed by atoms with Crippen molar-refractivity contribution in [3.05, 3.63) is 20.2 Å². The zero-order valence-corrected chi connectivity index (χ0v) is 11.6. The first kappa shape index (κ1) is 19.8. The van der Waals surface area contributed by atoms with Crippen LogP contribution in [0.1, 0.15) is 32.1 Å². The SMILES string of the molecule is C[N-]CCC1CCCC1.C[N]=[V].[CH3-].[CH3-]. The van der Waals surface area contributed by atoms with Gasteiger partial charge in [0.15, 0.2) is 0 Å². The van der Waals surface area contributed by atoms with Crippen LogP contribution in [0.2, 0.25) is 0 Å². The molecule has 1 aliphatic carbocycles. The number of hydrogen-bond acceptors (Lipinski definition) is 1. The topological polar surface area (TPSA) is 26.5 Å². The molecule has 0 saturated heterocycles. The maximum atomic E-state index is 4.10. The molecular formula is C11H25N2V-3. The van der Waals surface area contributed by atoms with E-state index in [1.165, 1.54) is 32.1 Å². The molecule has 1 saturated carbocycles. The van der Waals surface area contributed by atoms with Crippen molar-refractivity contribution in [2.75, 3.05) is 20.6 Å². The van der Waals surface area contributed by atoms with Gasteiger partial charge in [-0.05, 0) is 5.92 Å². The van der Waals surface area contributed by atoms with E-state index in [-0.39, 0.29) is 14.9 Å². The van der Waals surface area contributed by atoms with Gasteiger partial charge < -0.3 is 20.2 Å². The van der Waals surface area contributed by atoms with Crippen molar-refractivity contribution < 1.29 is 17.2 Å². The fourth-order valence-corrected chi connectivity index (χ4v) is 1.61. The quantitative estimate of drug-likeness (QED) is 0.666. The molecule has 0 aromatic rings. The van der Waals surface area contributed by atoms with Crippen molar-refractivity contribution in [1.82, 2.24) is 0 Å². The van der Waals surface area contributed by atoms with Crippen LogP contribution in [0.25, 0.3) is 5.32 Å². The maximum absolute atomic E-state index is 4.10. The summed E-state index contributed by atoms with van der Waals surface area (Å²) in [4.78, 5) is 0. The zero-order chi connectivity index (χ0) is 9.23. The second-order valence-electron chi connectivity index (χ2n) is 3.18. The summed E-state index contributed by atoms with van der Waals surface area (Å²) in [7, 11) is 3.63. The molecule has 0 heterocycles. The average Bonchev–Trinajstić information content (AvgIpc) is 2.54. The fourth-order valence-electron chi connectivity index (χ4n) is 1.61. The Morgan fingerprint density at radius 2 is 1.71 bits per heavy atom. The molecule has 0 radical (unpaired) electrons. The van der Waals surface area contributed by atoms with E-state index in [1.807, 2.05) is 7.05 Å². The van der Waals surface area contributed by atoms with Crippen LogP contribution in [0.4, 0.5) is 0 Å². The summed E-state index contributed by atoms with van der Waals surface area (Å²) < 4.78 is 3.44. The van der Waals surface area contributed by atoms with Gasteiger partial charge in [-0.2, -0.15) is 7.05 Å². The molecule has 0 spiro atoms. The molecule has 2 nitrogen and oxygen atoms in total. The van der Waals surface area contributed by atoms with Gasteiger partial charge in [0.25, 0.3) is 0 Å². The van der Waals surface area contributed by atoms with Crippen LogP contribution in [0.5, 0.6) is 0 Å². The molecule has 3 heteroatoms. The predicted molar refractivity (Wildman–Crippen MR) is 61.9 cm³/mol. The molecule has 0 atom stereocenters. The molecule has 0 bridgehead atoms. The molecule has 0 aromatic carbocycles. The van der Waals surface area contributed by atoms with Crippen LogP contribution in [0.3, 0.4) is 0 Å². The summed E-state index contributed by atoms with van der Waals surface area (Å²) in [6.45, 7) is 1.09. The molecule has 0 N–H and O–H groups in total. The van der Waals surface area contributed by atoms with E-state index in [1.54, 1.807) is 7.05 Å². The third-order valence-corrected chi connectivity index (χ3v) is 2.24. The summed E-state index contributed by atoms with van der Waals surface area (Å²) in [5.74, 6) is 1.02. The van der Waals surface area contributed by atoms with Crippen molar-refractivity contribution in [2.24, 2.45) is 9.71 Å². The van der Waals surface area contributed by atoms with E-state index in [0.29, 0.717) is 0 Å². The van der Waals surface area contributed by atoms with Gasteiger partial charge in [0.05, 0.1) is 0 Å². The molecule has 0 aromatic heterocycles. The Morgan fingerprint density at radius 3 is 2.07 bits per heavy atom. The standard InChI is InChI=1S/C8H16N.CH3N.2CH3.V/c1-9-7-6-8-4-2-3-5-8;1-2;;;/h8H,2-7H2,1H3;1H3;2*1H3;/q-1;;2*-1;. The molecule has 0 aliphatic heterocycles. The van der Waals surface area contributed by atoms with Gasteiger partial charge >= 0.3 is 28.1 Å². The maximum Gasteiger partial charge on any atom is -0.358 e. The molecular weight excluding hydrogens is 211 g/mol. The van der Waals surface area contributed by atoms with E-state index >= 15 is 0 Å². The molecule has 1 aliphatic rings. The van der Waals surface area contributed by atoms with E-state index in [2.05, 4.69) is 26.3 Å². The summed E-state index contributed by atoms with van der Waals surface area (Å²) >= 11 is 2.09. The van der Waals surface area contributed by atoms with Crippen LogP contribution >= 0.6 is 0 Å². The van der Waals surface area contributed by atoms with Crippen molar-refractivity contribution in [2.45, 2.75) is 32.1 Å². The van der Waals surface area contributed by atoms with Gasteiger partial charge in [-0.1, -0.05) is 32.1 Å². The predicted octanol–water partition coefficient (Wildman–Crippen LogP) is 3.82. The second-order valence-corrected chi connectivity index (χ2v) is 3.80. The number of nitrogens with zero attached hydrogens (tertiary/aromatic N) is 2. The first-order valence-corrected chi connectivity index (χ1v) is 5.26. The fraction of sp³-hybridized carbons (Fsp3) is 0.818. The summed E-state index contributed by atoms with van der Waals surface area (Å²) in [5.41, 5.74) is 0. The Labute approximate surface area is 100 Å². The normalized spacial score (nSPS) is 14.4. The van der Waals surface area contributed by atoms with Gasteiger partial charge in [-0.3, -0.25) is 0 Å². The minimum atomic E-state index is 0. The van der Waals surface area contributed by atoms with Crippen molar-refractivity contribution in [1.29, 1.82) is 0 Å². The van der Waals surface area contributed by atoms with Crippen LogP contribution in [-0.4, -0.2) is 20.6 Å². The van der Waals surface area contributed by atoms with E-state index in [9.17, 15) is 0 Å². The van der Waals surface area contributed by atoms with E-state index < -0.39 is 0 Å². The molecule has 1 rings (SSSR count). The van der Waals surface area contributed by atoms with Gasteiger partial charge in [0.1, 0.15) is 0 Å². The van der Waals surface area contributed by atoms with Crippen molar-refractivity contribution in [3.8, 4) is 0 Å². The Hall–Kier alpha value is 0.344. The molecule has 0 amide bonds. The average molecular weight is 236 g/mol. The number of hydrogen-bond donors (Lipinski definition) is 0. The number of rotatable bonds is 3. The molecule has 0 unspecified atom stereocenters. The zero-order valence-electron chi connectivity index (χ0n) is 10.2. The summed E-state index contributed by atoms with van der Waals surface area (Å²) in [6.07, 6.45) is 7.21. The Bertz CT molecular complexity index is 101. The second kappa shape index (κ2) is 15.8. The van der Waals surface area contributed by atoms with Gasteiger partial charge in [-0.15, -0.1) is 6.54 Å². The molecule has 87 valence electrons. The smallest absolute Gasteiger partial charge is 0.358 e. The van der Waals surface area contributed by atoms with Gasteiger partial charge in [-0.25, -0.2) is 0 Å². The Morgan fingerprint density at radius 1 is 1.29 bits per heavy atom. The van der Waals surface area contributed by atoms with Crippen LogP contribution in [0.15, 0.2) is 3.79 Å². The van der Waals surface area contributed by atoms with E-state index in [0.717, 1.165) is 12.5 Å². The Balaban J connectivity index is -0.000000218.